The molecule has 3 nitrogen and oxygen atoms in total. The van der Waals surface area contributed by atoms with E-state index in [-0.39, 0.29) is 5.41 Å². The fourth-order valence-electron chi connectivity index (χ4n) is 1.93. The van der Waals surface area contributed by atoms with Crippen LogP contribution in [-0.2, 0) is 0 Å². The molecule has 0 radical (unpaired) electrons. The molecular formula is C13H22ClN3. The summed E-state index contributed by atoms with van der Waals surface area (Å²) in [6.45, 7) is 6.32. The van der Waals surface area contributed by atoms with Gasteiger partial charge in [-0.15, -0.1) is 0 Å². The predicted molar refractivity (Wildman–Crippen MR) is 76.7 cm³/mol. The van der Waals surface area contributed by atoms with Crippen molar-refractivity contribution < 1.29 is 0 Å². The quantitative estimate of drug-likeness (QED) is 0.795. The number of nitrogens with one attached hydrogen (secondary N) is 1. The molecule has 0 amide bonds. The van der Waals surface area contributed by atoms with Crippen molar-refractivity contribution in [1.29, 1.82) is 0 Å². The van der Waals surface area contributed by atoms with Crippen molar-refractivity contribution in [3.63, 3.8) is 0 Å². The zero-order valence-corrected chi connectivity index (χ0v) is 11.8. The Morgan fingerprint density at radius 2 is 2.00 bits per heavy atom. The van der Waals surface area contributed by atoms with Gasteiger partial charge in [-0.1, -0.05) is 25.4 Å². The molecule has 0 spiro atoms. The molecule has 0 saturated heterocycles. The van der Waals surface area contributed by atoms with Crippen LogP contribution in [0.25, 0.3) is 0 Å². The first-order valence-electron chi connectivity index (χ1n) is 5.74. The number of nitrogens with zero attached hydrogens (tertiary/aromatic N) is 1. The van der Waals surface area contributed by atoms with E-state index < -0.39 is 0 Å². The van der Waals surface area contributed by atoms with Gasteiger partial charge in [0.1, 0.15) is 0 Å². The van der Waals surface area contributed by atoms with Crippen molar-refractivity contribution >= 4 is 23.0 Å². The van der Waals surface area contributed by atoms with Gasteiger partial charge in [-0.3, -0.25) is 0 Å². The van der Waals surface area contributed by atoms with Crippen LogP contribution in [0, 0.1) is 5.41 Å². The molecule has 0 aliphatic carbocycles. The number of nitrogen functional groups attached to an aromatic ring is 1. The molecule has 0 fully saturated rings. The Kier molecular flexibility index (Phi) is 4.66. The zero-order valence-electron chi connectivity index (χ0n) is 11.0. The van der Waals surface area contributed by atoms with Crippen molar-refractivity contribution in [2.75, 3.05) is 38.2 Å². The largest absolute Gasteiger partial charge is 0.397 e. The van der Waals surface area contributed by atoms with Crippen LogP contribution in [0.15, 0.2) is 18.2 Å². The van der Waals surface area contributed by atoms with Gasteiger partial charge in [-0.05, 0) is 37.7 Å². The summed E-state index contributed by atoms with van der Waals surface area (Å²) in [6, 6.07) is 5.49. The number of benzene rings is 1. The van der Waals surface area contributed by atoms with Gasteiger partial charge in [-0.2, -0.15) is 0 Å². The van der Waals surface area contributed by atoms with Gasteiger partial charge in [0.2, 0.25) is 0 Å². The average molecular weight is 256 g/mol. The molecule has 0 aromatic heterocycles. The molecular weight excluding hydrogens is 234 g/mol. The summed E-state index contributed by atoms with van der Waals surface area (Å²) in [5, 5.41) is 4.06. The maximum absolute atomic E-state index is 5.95. The number of anilines is 2. The lowest BCUT2D eigenvalue weighted by molar-refractivity contribution is 0.254. The summed E-state index contributed by atoms with van der Waals surface area (Å²) >= 11 is 5.95. The maximum atomic E-state index is 5.95. The number of hydrogen-bond donors (Lipinski definition) is 2. The Hall–Kier alpha value is -0.930. The molecule has 0 heterocycles. The molecule has 4 heteroatoms. The van der Waals surface area contributed by atoms with E-state index in [4.69, 9.17) is 17.3 Å². The van der Waals surface area contributed by atoms with Gasteiger partial charge in [0, 0.05) is 18.1 Å². The van der Waals surface area contributed by atoms with Crippen molar-refractivity contribution in [2.24, 2.45) is 5.41 Å². The minimum absolute atomic E-state index is 0.179. The van der Waals surface area contributed by atoms with Crippen LogP contribution in [0.4, 0.5) is 11.4 Å². The zero-order chi connectivity index (χ0) is 13.1. The lowest BCUT2D eigenvalue weighted by Crippen LogP contribution is -2.34. The first-order valence-corrected chi connectivity index (χ1v) is 6.11. The standard InChI is InChI=1S/C13H22ClN3/c1-13(2,9-17(3)4)8-16-12-7-10(14)5-6-11(12)15/h5-7,16H,8-9,15H2,1-4H3. The van der Waals surface area contributed by atoms with Gasteiger partial charge in [0.15, 0.2) is 0 Å². The summed E-state index contributed by atoms with van der Waals surface area (Å²) in [4.78, 5) is 2.18. The predicted octanol–water partition coefficient (Wildman–Crippen LogP) is 2.92. The number of rotatable bonds is 5. The molecule has 0 bridgehead atoms. The van der Waals surface area contributed by atoms with Crippen LogP contribution >= 0.6 is 11.6 Å². The Labute approximate surface area is 109 Å². The van der Waals surface area contributed by atoms with Gasteiger partial charge >= 0.3 is 0 Å². The molecule has 1 aromatic carbocycles. The molecule has 17 heavy (non-hydrogen) atoms. The van der Waals surface area contributed by atoms with E-state index in [1.807, 2.05) is 12.1 Å². The molecule has 0 unspecified atom stereocenters. The second-order valence-corrected chi connectivity index (χ2v) is 5.92. The van der Waals surface area contributed by atoms with Crippen LogP contribution in [0.5, 0.6) is 0 Å². The minimum atomic E-state index is 0.179. The van der Waals surface area contributed by atoms with Gasteiger partial charge < -0.3 is 16.0 Å². The third-order valence-corrected chi connectivity index (χ3v) is 2.75. The van der Waals surface area contributed by atoms with E-state index in [0.717, 1.165) is 24.5 Å². The molecule has 0 aliphatic rings. The number of halogens is 1. The van der Waals surface area contributed by atoms with E-state index in [1.165, 1.54) is 0 Å². The van der Waals surface area contributed by atoms with Crippen LogP contribution in [-0.4, -0.2) is 32.1 Å². The van der Waals surface area contributed by atoms with Crippen molar-refractivity contribution in [3.05, 3.63) is 23.2 Å². The third-order valence-electron chi connectivity index (χ3n) is 2.52. The SMILES string of the molecule is CN(C)CC(C)(C)CNc1cc(Cl)ccc1N. The maximum Gasteiger partial charge on any atom is 0.0589 e. The molecule has 1 rings (SSSR count). The molecule has 0 saturated carbocycles. The van der Waals surface area contributed by atoms with Crippen LogP contribution in [0.3, 0.4) is 0 Å². The Bertz CT molecular complexity index is 375. The van der Waals surface area contributed by atoms with Crippen LogP contribution < -0.4 is 11.1 Å². The Morgan fingerprint density at radius 1 is 1.35 bits per heavy atom. The van der Waals surface area contributed by atoms with E-state index in [0.29, 0.717) is 5.02 Å². The summed E-state index contributed by atoms with van der Waals surface area (Å²) in [5.74, 6) is 0. The van der Waals surface area contributed by atoms with Crippen molar-refractivity contribution in [1.82, 2.24) is 4.90 Å². The average Bonchev–Trinajstić information content (AvgIpc) is 2.17. The first kappa shape index (κ1) is 14.1. The van der Waals surface area contributed by atoms with Gasteiger partial charge in [0.05, 0.1) is 11.4 Å². The highest BCUT2D eigenvalue weighted by atomic mass is 35.5. The highest BCUT2D eigenvalue weighted by Crippen LogP contribution is 2.25. The van der Waals surface area contributed by atoms with E-state index in [9.17, 15) is 0 Å². The second kappa shape index (κ2) is 5.61. The summed E-state index contributed by atoms with van der Waals surface area (Å²) in [6.07, 6.45) is 0. The first-order chi connectivity index (χ1) is 7.80. The van der Waals surface area contributed by atoms with E-state index in [1.54, 1.807) is 6.07 Å². The normalized spacial score (nSPS) is 11.9. The molecule has 0 aliphatic heterocycles. The van der Waals surface area contributed by atoms with Crippen LogP contribution in [0.1, 0.15) is 13.8 Å². The Morgan fingerprint density at radius 3 is 2.59 bits per heavy atom. The summed E-state index contributed by atoms with van der Waals surface area (Å²) in [7, 11) is 4.16. The Balaban J connectivity index is 2.63. The molecule has 0 atom stereocenters. The highest BCUT2D eigenvalue weighted by Gasteiger charge is 2.18. The van der Waals surface area contributed by atoms with Gasteiger partial charge in [-0.25, -0.2) is 0 Å². The fraction of sp³-hybridized carbons (Fsp3) is 0.538. The summed E-state index contributed by atoms with van der Waals surface area (Å²) in [5.41, 5.74) is 7.71. The molecule has 96 valence electrons. The second-order valence-electron chi connectivity index (χ2n) is 5.49. The van der Waals surface area contributed by atoms with Crippen molar-refractivity contribution in [3.8, 4) is 0 Å². The smallest absolute Gasteiger partial charge is 0.0589 e. The highest BCUT2D eigenvalue weighted by molar-refractivity contribution is 6.31. The van der Waals surface area contributed by atoms with Gasteiger partial charge in [0.25, 0.3) is 0 Å². The van der Waals surface area contributed by atoms with E-state index >= 15 is 0 Å². The third kappa shape index (κ3) is 4.84. The lowest BCUT2D eigenvalue weighted by atomic mass is 9.93. The summed E-state index contributed by atoms with van der Waals surface area (Å²) < 4.78 is 0. The minimum Gasteiger partial charge on any atom is -0.397 e. The monoisotopic (exact) mass is 255 g/mol. The molecule has 3 N–H and O–H groups in total. The lowest BCUT2D eigenvalue weighted by Gasteiger charge is -2.29. The molecule has 1 aromatic rings. The fourth-order valence-corrected chi connectivity index (χ4v) is 2.10. The van der Waals surface area contributed by atoms with E-state index in [2.05, 4.69) is 38.2 Å². The number of hydrogen-bond acceptors (Lipinski definition) is 3. The van der Waals surface area contributed by atoms with Crippen LogP contribution in [0.2, 0.25) is 5.02 Å². The topological polar surface area (TPSA) is 41.3 Å². The van der Waals surface area contributed by atoms with Crippen molar-refractivity contribution in [2.45, 2.75) is 13.8 Å². The number of nitrogens with two attached hydrogens (primary N) is 1.